The van der Waals surface area contributed by atoms with Crippen LogP contribution in [-0.4, -0.2) is 24.2 Å². The van der Waals surface area contributed by atoms with E-state index in [1.165, 1.54) is 12.4 Å². The van der Waals surface area contributed by atoms with Crippen molar-refractivity contribution in [1.29, 1.82) is 0 Å². The lowest BCUT2D eigenvalue weighted by molar-refractivity contribution is -0.129. The van der Waals surface area contributed by atoms with Crippen LogP contribution in [0.2, 0.25) is 20.1 Å². The molecule has 0 unspecified atom stereocenters. The maximum Gasteiger partial charge on any atom is 0.249 e. The van der Waals surface area contributed by atoms with Gasteiger partial charge >= 0.3 is 0 Å². The fraction of sp³-hybridized carbons (Fsp3) is 0.0588. The molecule has 0 aromatic heterocycles. The van der Waals surface area contributed by atoms with Gasteiger partial charge in [-0.2, -0.15) is 10.2 Å². The minimum Gasteiger partial charge on any atom is -0.273 e. The van der Waals surface area contributed by atoms with E-state index in [2.05, 4.69) is 21.1 Å². The van der Waals surface area contributed by atoms with Crippen LogP contribution in [0, 0.1) is 0 Å². The molecule has 2 N–H and O–H groups in total. The van der Waals surface area contributed by atoms with E-state index < -0.39 is 18.2 Å². The third kappa shape index (κ3) is 6.52. The molecular weight excluding hydrogens is 434 g/mol. The lowest BCUT2D eigenvalue weighted by atomic mass is 10.2. The maximum absolute atomic E-state index is 11.7. The third-order valence-corrected chi connectivity index (χ3v) is 4.40. The molecule has 0 spiro atoms. The van der Waals surface area contributed by atoms with Crippen molar-refractivity contribution < 1.29 is 9.59 Å². The Kier molecular flexibility index (Phi) is 8.06. The Morgan fingerprint density at radius 1 is 0.741 bits per heavy atom. The summed E-state index contributed by atoms with van der Waals surface area (Å²) >= 11 is 23.9. The smallest absolute Gasteiger partial charge is 0.249 e. The van der Waals surface area contributed by atoms with Crippen molar-refractivity contribution in [3.05, 3.63) is 67.6 Å². The summed E-state index contributed by atoms with van der Waals surface area (Å²) in [6.07, 6.45) is 2.09. The topological polar surface area (TPSA) is 82.9 Å². The highest BCUT2D eigenvalue weighted by molar-refractivity contribution is 6.39. The summed E-state index contributed by atoms with van der Waals surface area (Å²) in [5.74, 6) is -1.28. The molecular formula is C17H12Cl4N4O2. The predicted molar refractivity (Wildman–Crippen MR) is 109 cm³/mol. The SMILES string of the molecule is O=C(CC(=O)N/N=C\c1c(Cl)cccc1Cl)N/N=C\c1c(Cl)cccc1Cl. The Hall–Kier alpha value is -2.12. The molecule has 2 aromatic rings. The molecule has 0 aliphatic carbocycles. The Morgan fingerprint density at radius 3 is 1.41 bits per heavy atom. The van der Waals surface area contributed by atoms with Gasteiger partial charge in [-0.25, -0.2) is 10.9 Å². The van der Waals surface area contributed by atoms with Crippen molar-refractivity contribution in [2.45, 2.75) is 6.42 Å². The first-order valence-corrected chi connectivity index (χ1v) is 8.91. The number of rotatable bonds is 6. The van der Waals surface area contributed by atoms with Crippen molar-refractivity contribution in [3.63, 3.8) is 0 Å². The van der Waals surface area contributed by atoms with Crippen LogP contribution in [0.1, 0.15) is 17.5 Å². The maximum atomic E-state index is 11.7. The summed E-state index contributed by atoms with van der Waals surface area (Å²) in [6.45, 7) is 0. The van der Waals surface area contributed by atoms with Gasteiger partial charge in [-0.3, -0.25) is 9.59 Å². The number of carbonyl (C=O) groups is 2. The summed E-state index contributed by atoms with van der Waals surface area (Å²) in [7, 11) is 0. The highest BCUT2D eigenvalue weighted by Gasteiger charge is 2.08. The average Bonchev–Trinajstić information content (AvgIpc) is 2.60. The second-order valence-corrected chi connectivity index (χ2v) is 6.66. The zero-order valence-electron chi connectivity index (χ0n) is 13.5. The zero-order chi connectivity index (χ0) is 19.8. The number of hydrogen-bond donors (Lipinski definition) is 2. The van der Waals surface area contributed by atoms with Crippen LogP contribution < -0.4 is 10.9 Å². The minimum absolute atomic E-state index is 0.380. The van der Waals surface area contributed by atoms with Gasteiger partial charge in [0, 0.05) is 11.1 Å². The number of benzene rings is 2. The van der Waals surface area contributed by atoms with Crippen molar-refractivity contribution in [2.24, 2.45) is 10.2 Å². The number of nitrogens with one attached hydrogen (secondary N) is 2. The van der Waals surface area contributed by atoms with E-state index in [1.807, 2.05) is 0 Å². The van der Waals surface area contributed by atoms with E-state index in [0.717, 1.165) is 0 Å². The summed E-state index contributed by atoms with van der Waals surface area (Å²) in [5, 5.41) is 8.96. The van der Waals surface area contributed by atoms with E-state index >= 15 is 0 Å². The van der Waals surface area contributed by atoms with E-state index in [1.54, 1.807) is 36.4 Å². The fourth-order valence-corrected chi connectivity index (χ4v) is 2.82. The molecule has 0 bridgehead atoms. The van der Waals surface area contributed by atoms with Crippen molar-refractivity contribution in [3.8, 4) is 0 Å². The van der Waals surface area contributed by atoms with Gasteiger partial charge in [0.15, 0.2) is 0 Å². The molecule has 2 aromatic carbocycles. The molecule has 0 atom stereocenters. The quantitative estimate of drug-likeness (QED) is 0.395. The standard InChI is InChI=1S/C17H12Cl4N4O2/c18-12-3-1-4-13(19)10(12)8-22-24-16(26)7-17(27)25-23-9-11-14(20)5-2-6-15(11)21/h1-6,8-9H,7H2,(H,24,26)(H,25,27)/b22-8-,23-9-. The van der Waals surface area contributed by atoms with Crippen molar-refractivity contribution >= 4 is 70.6 Å². The molecule has 0 radical (unpaired) electrons. The Bertz CT molecular complexity index is 802. The van der Waals surface area contributed by atoms with Gasteiger partial charge in [-0.15, -0.1) is 0 Å². The second kappa shape index (κ2) is 10.3. The monoisotopic (exact) mass is 444 g/mol. The number of hydrogen-bond acceptors (Lipinski definition) is 4. The molecule has 140 valence electrons. The molecule has 10 heteroatoms. The number of nitrogens with zero attached hydrogens (tertiary/aromatic N) is 2. The van der Waals surface area contributed by atoms with E-state index in [9.17, 15) is 9.59 Å². The molecule has 0 heterocycles. The van der Waals surface area contributed by atoms with Gasteiger partial charge in [0.05, 0.1) is 32.5 Å². The summed E-state index contributed by atoms with van der Waals surface area (Å²) in [6, 6.07) is 9.89. The molecule has 0 saturated carbocycles. The molecule has 2 rings (SSSR count). The van der Waals surface area contributed by atoms with Gasteiger partial charge in [-0.1, -0.05) is 58.5 Å². The first-order chi connectivity index (χ1) is 12.9. The lowest BCUT2D eigenvalue weighted by Gasteiger charge is -2.02. The Balaban J connectivity index is 1.84. The van der Waals surface area contributed by atoms with E-state index in [-0.39, 0.29) is 0 Å². The number of halogens is 4. The van der Waals surface area contributed by atoms with Crippen LogP contribution in [0.3, 0.4) is 0 Å². The molecule has 2 amide bonds. The number of hydrazone groups is 2. The van der Waals surface area contributed by atoms with E-state index in [0.29, 0.717) is 31.2 Å². The molecule has 27 heavy (non-hydrogen) atoms. The summed E-state index contributed by atoms with van der Waals surface area (Å²) in [4.78, 5) is 23.4. The minimum atomic E-state index is -0.641. The molecule has 6 nitrogen and oxygen atoms in total. The average molecular weight is 446 g/mol. The van der Waals surface area contributed by atoms with Gasteiger partial charge < -0.3 is 0 Å². The summed E-state index contributed by atoms with van der Waals surface area (Å²) < 4.78 is 0. The van der Waals surface area contributed by atoms with Crippen LogP contribution in [0.5, 0.6) is 0 Å². The van der Waals surface area contributed by atoms with Gasteiger partial charge in [0.25, 0.3) is 0 Å². The van der Waals surface area contributed by atoms with Crippen molar-refractivity contribution in [1.82, 2.24) is 10.9 Å². The van der Waals surface area contributed by atoms with Gasteiger partial charge in [0.2, 0.25) is 11.8 Å². The second-order valence-electron chi connectivity index (χ2n) is 5.03. The highest BCUT2D eigenvalue weighted by atomic mass is 35.5. The van der Waals surface area contributed by atoms with Crippen LogP contribution in [0.25, 0.3) is 0 Å². The first-order valence-electron chi connectivity index (χ1n) is 7.40. The lowest BCUT2D eigenvalue weighted by Crippen LogP contribution is -2.27. The fourth-order valence-electron chi connectivity index (χ4n) is 1.83. The molecule has 0 fully saturated rings. The van der Waals surface area contributed by atoms with Gasteiger partial charge in [0.1, 0.15) is 6.42 Å². The normalized spacial score (nSPS) is 11.1. The predicted octanol–water partition coefficient (Wildman–Crippen LogP) is 4.29. The van der Waals surface area contributed by atoms with Crippen molar-refractivity contribution in [2.75, 3.05) is 0 Å². The van der Waals surface area contributed by atoms with Gasteiger partial charge in [-0.05, 0) is 24.3 Å². The number of carbonyl (C=O) groups excluding carboxylic acids is 2. The molecule has 0 aliphatic heterocycles. The zero-order valence-corrected chi connectivity index (χ0v) is 16.6. The van der Waals surface area contributed by atoms with Crippen LogP contribution in [-0.2, 0) is 9.59 Å². The summed E-state index contributed by atoms with van der Waals surface area (Å²) in [5.41, 5.74) is 5.30. The first kappa shape index (κ1) is 21.2. The highest BCUT2D eigenvalue weighted by Crippen LogP contribution is 2.22. The van der Waals surface area contributed by atoms with E-state index in [4.69, 9.17) is 46.4 Å². The molecule has 0 saturated heterocycles. The van der Waals surface area contributed by atoms with Crippen LogP contribution in [0.4, 0.5) is 0 Å². The third-order valence-electron chi connectivity index (χ3n) is 3.09. The molecule has 0 aliphatic rings. The number of amides is 2. The Morgan fingerprint density at radius 2 is 1.07 bits per heavy atom. The Labute approximate surface area is 175 Å². The van der Waals surface area contributed by atoms with Crippen LogP contribution >= 0.6 is 46.4 Å². The largest absolute Gasteiger partial charge is 0.273 e. The van der Waals surface area contributed by atoms with Crippen LogP contribution in [0.15, 0.2) is 46.6 Å².